The third-order valence-electron chi connectivity index (χ3n) is 3.65. The lowest BCUT2D eigenvalue weighted by Gasteiger charge is -2.08. The molecule has 132 valence electrons. The highest BCUT2D eigenvalue weighted by atomic mass is 16.5. The number of unbranched alkanes of at least 4 members (excludes halogenated alkanes) is 2. The molecule has 0 aromatic heterocycles. The summed E-state index contributed by atoms with van der Waals surface area (Å²) in [5.74, 6) is 0.245. The standard InChI is InChI=1S/C20H24N2O3/c1-2-3-7-14-25-18-12-10-16(11-13-18)15-21-22-20(24)19(23)17-8-5-4-6-9-17/h4-6,8-13,15,19,23H,2-3,7,14H2,1H3,(H,22,24)/b21-15+/t19-/m1/s1. The fraction of sp³-hybridized carbons (Fsp3) is 0.300. The number of carbonyl (C=O) groups is 1. The van der Waals surface area contributed by atoms with Crippen molar-refractivity contribution in [2.45, 2.75) is 32.3 Å². The summed E-state index contributed by atoms with van der Waals surface area (Å²) in [6.07, 6.45) is 3.67. The van der Waals surface area contributed by atoms with Gasteiger partial charge in [0.05, 0.1) is 12.8 Å². The number of carbonyl (C=O) groups excluding carboxylic acids is 1. The lowest BCUT2D eigenvalue weighted by atomic mass is 10.1. The molecule has 0 aliphatic heterocycles. The number of benzene rings is 2. The summed E-state index contributed by atoms with van der Waals surface area (Å²) in [5.41, 5.74) is 3.70. The molecule has 0 spiro atoms. The highest BCUT2D eigenvalue weighted by Gasteiger charge is 2.15. The maximum absolute atomic E-state index is 11.9. The van der Waals surface area contributed by atoms with Gasteiger partial charge in [0, 0.05) is 0 Å². The van der Waals surface area contributed by atoms with Crippen molar-refractivity contribution in [2.75, 3.05) is 6.61 Å². The molecule has 0 saturated carbocycles. The van der Waals surface area contributed by atoms with Crippen LogP contribution >= 0.6 is 0 Å². The van der Waals surface area contributed by atoms with E-state index in [1.807, 2.05) is 30.3 Å². The Morgan fingerprint density at radius 2 is 1.88 bits per heavy atom. The van der Waals surface area contributed by atoms with E-state index in [4.69, 9.17) is 4.74 Å². The number of nitrogens with zero attached hydrogens (tertiary/aromatic N) is 1. The molecule has 0 aliphatic rings. The van der Waals surface area contributed by atoms with Gasteiger partial charge in [-0.05, 0) is 41.8 Å². The maximum Gasteiger partial charge on any atom is 0.273 e. The van der Waals surface area contributed by atoms with Crippen LogP contribution in [0.1, 0.15) is 43.4 Å². The van der Waals surface area contributed by atoms with E-state index < -0.39 is 12.0 Å². The number of ether oxygens (including phenoxy) is 1. The summed E-state index contributed by atoms with van der Waals surface area (Å²) in [5, 5.41) is 13.8. The minimum absolute atomic E-state index is 0.528. The Labute approximate surface area is 148 Å². The first-order valence-electron chi connectivity index (χ1n) is 8.49. The predicted octanol–water partition coefficient (Wildman–Crippen LogP) is 3.44. The fourth-order valence-electron chi connectivity index (χ4n) is 2.21. The SMILES string of the molecule is CCCCCOc1ccc(/C=N/NC(=O)[C@H](O)c2ccccc2)cc1. The molecule has 1 amide bonds. The quantitative estimate of drug-likeness (QED) is 0.417. The first-order chi connectivity index (χ1) is 12.2. The summed E-state index contributed by atoms with van der Waals surface area (Å²) in [7, 11) is 0. The van der Waals surface area contributed by atoms with Crippen molar-refractivity contribution in [2.24, 2.45) is 5.10 Å². The van der Waals surface area contributed by atoms with Gasteiger partial charge in [0.1, 0.15) is 5.75 Å². The predicted molar refractivity (Wildman–Crippen MR) is 98.6 cm³/mol. The van der Waals surface area contributed by atoms with Gasteiger partial charge in [0.25, 0.3) is 5.91 Å². The Morgan fingerprint density at radius 3 is 2.56 bits per heavy atom. The van der Waals surface area contributed by atoms with E-state index in [0.29, 0.717) is 12.2 Å². The Bertz CT molecular complexity index is 669. The number of hydrogen-bond donors (Lipinski definition) is 2. The fourth-order valence-corrected chi connectivity index (χ4v) is 2.21. The molecule has 5 heteroatoms. The minimum Gasteiger partial charge on any atom is -0.494 e. The second-order valence-electron chi connectivity index (χ2n) is 5.67. The largest absolute Gasteiger partial charge is 0.494 e. The van der Waals surface area contributed by atoms with Gasteiger partial charge >= 0.3 is 0 Å². The maximum atomic E-state index is 11.9. The van der Waals surface area contributed by atoms with Gasteiger partial charge in [-0.1, -0.05) is 50.1 Å². The van der Waals surface area contributed by atoms with Gasteiger partial charge < -0.3 is 9.84 Å². The van der Waals surface area contributed by atoms with Crippen LogP contribution in [0.5, 0.6) is 5.75 Å². The summed E-state index contributed by atoms with van der Waals surface area (Å²) in [6.45, 7) is 2.88. The molecule has 0 fully saturated rings. The molecular formula is C20H24N2O3. The summed E-state index contributed by atoms with van der Waals surface area (Å²) < 4.78 is 5.64. The van der Waals surface area contributed by atoms with Crippen molar-refractivity contribution < 1.29 is 14.6 Å². The van der Waals surface area contributed by atoms with Crippen LogP contribution in [0.2, 0.25) is 0 Å². The molecule has 0 heterocycles. The van der Waals surface area contributed by atoms with E-state index in [2.05, 4.69) is 17.5 Å². The molecule has 2 aromatic carbocycles. The van der Waals surface area contributed by atoms with Gasteiger partial charge in [0.2, 0.25) is 0 Å². The number of aliphatic hydroxyl groups excluding tert-OH is 1. The molecule has 0 radical (unpaired) electrons. The number of rotatable bonds is 9. The molecule has 25 heavy (non-hydrogen) atoms. The van der Waals surface area contributed by atoms with E-state index in [1.54, 1.807) is 24.3 Å². The zero-order valence-electron chi connectivity index (χ0n) is 14.4. The van der Waals surface area contributed by atoms with Gasteiger partial charge in [-0.15, -0.1) is 0 Å². The third-order valence-corrected chi connectivity index (χ3v) is 3.65. The van der Waals surface area contributed by atoms with E-state index in [0.717, 1.165) is 17.7 Å². The van der Waals surface area contributed by atoms with Crippen molar-refractivity contribution in [3.05, 3.63) is 65.7 Å². The van der Waals surface area contributed by atoms with E-state index in [-0.39, 0.29) is 0 Å². The second kappa shape index (κ2) is 10.3. The molecule has 0 saturated heterocycles. The lowest BCUT2D eigenvalue weighted by molar-refractivity contribution is -0.129. The number of amides is 1. The van der Waals surface area contributed by atoms with Crippen LogP contribution in [0.4, 0.5) is 0 Å². The average Bonchev–Trinajstić information content (AvgIpc) is 2.66. The third kappa shape index (κ3) is 6.39. The molecule has 2 N–H and O–H groups in total. The highest BCUT2D eigenvalue weighted by molar-refractivity contribution is 5.85. The number of hydrogen-bond acceptors (Lipinski definition) is 4. The molecule has 2 rings (SSSR count). The Balaban J connectivity index is 1.80. The van der Waals surface area contributed by atoms with Gasteiger partial charge in [-0.2, -0.15) is 5.10 Å². The molecule has 0 bridgehead atoms. The highest BCUT2D eigenvalue weighted by Crippen LogP contribution is 2.13. The van der Waals surface area contributed by atoms with Crippen LogP contribution < -0.4 is 10.2 Å². The van der Waals surface area contributed by atoms with E-state index in [9.17, 15) is 9.90 Å². The Kier molecular flexibility index (Phi) is 7.66. The van der Waals surface area contributed by atoms with Crippen molar-refractivity contribution in [1.82, 2.24) is 5.43 Å². The van der Waals surface area contributed by atoms with E-state index >= 15 is 0 Å². The normalized spacial score (nSPS) is 12.1. The van der Waals surface area contributed by atoms with Crippen LogP contribution in [-0.2, 0) is 4.79 Å². The number of nitrogens with one attached hydrogen (secondary N) is 1. The van der Waals surface area contributed by atoms with Crippen LogP contribution in [0.15, 0.2) is 59.7 Å². The second-order valence-corrected chi connectivity index (χ2v) is 5.67. The Morgan fingerprint density at radius 1 is 1.16 bits per heavy atom. The Hall–Kier alpha value is -2.66. The summed E-state index contributed by atoms with van der Waals surface area (Å²) in [6, 6.07) is 16.2. The zero-order valence-corrected chi connectivity index (χ0v) is 14.4. The number of aliphatic hydroxyl groups is 1. The first kappa shape index (κ1) is 18.7. The van der Waals surface area contributed by atoms with E-state index in [1.165, 1.54) is 19.1 Å². The molecule has 5 nitrogen and oxygen atoms in total. The van der Waals surface area contributed by atoms with Crippen LogP contribution in [0.25, 0.3) is 0 Å². The minimum atomic E-state index is -1.24. The number of hydrazone groups is 1. The van der Waals surface area contributed by atoms with Crippen molar-refractivity contribution in [1.29, 1.82) is 0 Å². The van der Waals surface area contributed by atoms with Gasteiger partial charge in [0.15, 0.2) is 6.10 Å². The van der Waals surface area contributed by atoms with Crippen molar-refractivity contribution in [3.8, 4) is 5.75 Å². The van der Waals surface area contributed by atoms with Crippen molar-refractivity contribution in [3.63, 3.8) is 0 Å². The van der Waals surface area contributed by atoms with Crippen LogP contribution in [-0.4, -0.2) is 23.8 Å². The zero-order chi connectivity index (χ0) is 17.9. The molecular weight excluding hydrogens is 316 g/mol. The first-order valence-corrected chi connectivity index (χ1v) is 8.49. The lowest BCUT2D eigenvalue weighted by Crippen LogP contribution is -2.25. The average molecular weight is 340 g/mol. The molecule has 0 aliphatic carbocycles. The summed E-state index contributed by atoms with van der Waals surface area (Å²) in [4.78, 5) is 11.9. The monoisotopic (exact) mass is 340 g/mol. The molecule has 0 unspecified atom stereocenters. The summed E-state index contributed by atoms with van der Waals surface area (Å²) >= 11 is 0. The van der Waals surface area contributed by atoms with Crippen LogP contribution in [0, 0.1) is 0 Å². The molecule has 2 aromatic rings. The van der Waals surface area contributed by atoms with Crippen LogP contribution in [0.3, 0.4) is 0 Å². The van der Waals surface area contributed by atoms with Gasteiger partial charge in [-0.3, -0.25) is 4.79 Å². The molecule has 1 atom stereocenters. The van der Waals surface area contributed by atoms with Gasteiger partial charge in [-0.25, -0.2) is 5.43 Å². The smallest absolute Gasteiger partial charge is 0.273 e. The van der Waals surface area contributed by atoms with Crippen molar-refractivity contribution >= 4 is 12.1 Å². The topological polar surface area (TPSA) is 70.9 Å².